The number of nitrogen functional groups attached to an aromatic ring is 1. The number of nitrogens with two attached hydrogens (primary N) is 1. The van der Waals surface area contributed by atoms with Crippen LogP contribution in [0.4, 0.5) is 5.69 Å². The summed E-state index contributed by atoms with van der Waals surface area (Å²) < 4.78 is 0. The minimum atomic E-state index is -0.164. The van der Waals surface area contributed by atoms with Crippen molar-refractivity contribution < 1.29 is 9.90 Å². The Labute approximate surface area is 117 Å². The van der Waals surface area contributed by atoms with Gasteiger partial charge >= 0.3 is 0 Å². The van der Waals surface area contributed by atoms with Crippen molar-refractivity contribution in [2.75, 3.05) is 12.3 Å². The van der Waals surface area contributed by atoms with Crippen LogP contribution in [0.15, 0.2) is 18.2 Å². The minimum absolute atomic E-state index is 0.131. The Kier molecular flexibility index (Phi) is 4.66. The van der Waals surface area contributed by atoms with Crippen molar-refractivity contribution in [2.24, 2.45) is 5.92 Å². The Bertz CT molecular complexity index is 457. The number of hydrogen-bond acceptors (Lipinski definition) is 3. The number of benzene rings is 1. The first-order valence-corrected chi connectivity index (χ1v) is 6.95. The molecule has 19 heavy (non-hydrogen) atoms. The van der Waals surface area contributed by atoms with E-state index in [2.05, 4.69) is 5.32 Å². The molecule has 0 unspecified atom stereocenters. The van der Waals surface area contributed by atoms with Crippen LogP contribution >= 0.6 is 11.6 Å². The number of anilines is 1. The lowest BCUT2D eigenvalue weighted by molar-refractivity contribution is 0.0910. The number of hydrogen-bond donors (Lipinski definition) is 3. The summed E-state index contributed by atoms with van der Waals surface area (Å²) in [5.41, 5.74) is 6.60. The SMILES string of the molecule is Nc1ccc(C(=O)NCC2CCC(O)CC2)cc1Cl. The summed E-state index contributed by atoms with van der Waals surface area (Å²) in [7, 11) is 0. The Hall–Kier alpha value is -1.26. The molecule has 0 radical (unpaired) electrons. The van der Waals surface area contributed by atoms with Crippen molar-refractivity contribution in [3.8, 4) is 0 Å². The average Bonchev–Trinajstić information content (AvgIpc) is 2.41. The number of aliphatic hydroxyl groups excluding tert-OH is 1. The molecule has 1 fully saturated rings. The number of rotatable bonds is 3. The maximum absolute atomic E-state index is 12.0. The number of carbonyl (C=O) groups is 1. The fourth-order valence-electron chi connectivity index (χ4n) is 2.36. The zero-order valence-electron chi connectivity index (χ0n) is 10.7. The second-order valence-electron chi connectivity index (χ2n) is 5.12. The van der Waals surface area contributed by atoms with Crippen LogP contribution < -0.4 is 11.1 Å². The predicted molar refractivity (Wildman–Crippen MR) is 76.2 cm³/mol. The number of carbonyl (C=O) groups excluding carboxylic acids is 1. The normalized spacial score (nSPS) is 23.1. The zero-order chi connectivity index (χ0) is 13.8. The molecule has 1 aromatic carbocycles. The first kappa shape index (κ1) is 14.2. The van der Waals surface area contributed by atoms with Gasteiger partial charge in [-0.1, -0.05) is 11.6 Å². The molecule has 1 saturated carbocycles. The molecular formula is C14H19ClN2O2. The van der Waals surface area contributed by atoms with Gasteiger partial charge in [-0.05, 0) is 49.8 Å². The van der Waals surface area contributed by atoms with Crippen LogP contribution in [0.1, 0.15) is 36.0 Å². The van der Waals surface area contributed by atoms with Gasteiger partial charge in [0.05, 0.1) is 16.8 Å². The summed E-state index contributed by atoms with van der Waals surface area (Å²) in [6, 6.07) is 4.88. The van der Waals surface area contributed by atoms with Crippen molar-refractivity contribution in [1.29, 1.82) is 0 Å². The van der Waals surface area contributed by atoms with E-state index >= 15 is 0 Å². The highest BCUT2D eigenvalue weighted by Crippen LogP contribution is 2.24. The molecule has 4 nitrogen and oxygen atoms in total. The molecule has 5 heteroatoms. The predicted octanol–water partition coefficient (Wildman–Crippen LogP) is 2.20. The second kappa shape index (κ2) is 6.26. The van der Waals surface area contributed by atoms with Gasteiger partial charge in [-0.25, -0.2) is 0 Å². The average molecular weight is 283 g/mol. The van der Waals surface area contributed by atoms with Crippen LogP contribution in [0.25, 0.3) is 0 Å². The molecule has 1 aromatic rings. The molecule has 0 aliphatic heterocycles. The highest BCUT2D eigenvalue weighted by Gasteiger charge is 2.20. The van der Waals surface area contributed by atoms with E-state index in [9.17, 15) is 9.90 Å². The van der Waals surface area contributed by atoms with E-state index in [1.165, 1.54) is 0 Å². The smallest absolute Gasteiger partial charge is 0.251 e. The molecule has 0 aromatic heterocycles. The lowest BCUT2D eigenvalue weighted by atomic mass is 9.87. The highest BCUT2D eigenvalue weighted by atomic mass is 35.5. The first-order valence-electron chi connectivity index (χ1n) is 6.57. The van der Waals surface area contributed by atoms with Gasteiger partial charge < -0.3 is 16.2 Å². The number of nitrogens with one attached hydrogen (secondary N) is 1. The van der Waals surface area contributed by atoms with Crippen molar-refractivity contribution in [1.82, 2.24) is 5.32 Å². The van der Waals surface area contributed by atoms with E-state index in [0.29, 0.717) is 28.7 Å². The summed E-state index contributed by atoms with van der Waals surface area (Å²) >= 11 is 5.89. The van der Waals surface area contributed by atoms with Gasteiger partial charge in [-0.3, -0.25) is 4.79 Å². The number of aliphatic hydroxyl groups is 1. The summed E-state index contributed by atoms with van der Waals surface area (Å²) in [5.74, 6) is 0.324. The van der Waals surface area contributed by atoms with E-state index in [-0.39, 0.29) is 12.0 Å². The molecule has 1 aliphatic carbocycles. The molecule has 0 bridgehead atoms. The Balaban J connectivity index is 1.85. The number of halogens is 1. The molecule has 0 spiro atoms. The molecule has 1 aliphatic rings. The maximum Gasteiger partial charge on any atom is 0.251 e. The van der Waals surface area contributed by atoms with Gasteiger partial charge in [0.2, 0.25) is 0 Å². The summed E-state index contributed by atoms with van der Waals surface area (Å²) in [4.78, 5) is 12.0. The largest absolute Gasteiger partial charge is 0.398 e. The van der Waals surface area contributed by atoms with Crippen molar-refractivity contribution in [2.45, 2.75) is 31.8 Å². The van der Waals surface area contributed by atoms with Crippen molar-refractivity contribution in [3.63, 3.8) is 0 Å². The summed E-state index contributed by atoms with van der Waals surface area (Å²) in [6.07, 6.45) is 3.42. The second-order valence-corrected chi connectivity index (χ2v) is 5.53. The van der Waals surface area contributed by atoms with Crippen LogP contribution in [0.2, 0.25) is 5.02 Å². The summed E-state index contributed by atoms with van der Waals surface area (Å²) in [6.45, 7) is 0.646. The van der Waals surface area contributed by atoms with Crippen molar-refractivity contribution >= 4 is 23.2 Å². The van der Waals surface area contributed by atoms with Crippen LogP contribution in [0, 0.1) is 5.92 Å². The molecule has 0 heterocycles. The standard InChI is InChI=1S/C14H19ClN2O2/c15-12-7-10(3-6-13(12)16)14(19)17-8-9-1-4-11(18)5-2-9/h3,6-7,9,11,18H,1-2,4-5,8,16H2,(H,17,19). The van der Waals surface area contributed by atoms with Gasteiger partial charge in [-0.15, -0.1) is 0 Å². The Morgan fingerprint density at radius 3 is 2.68 bits per heavy atom. The quantitative estimate of drug-likeness (QED) is 0.744. The Morgan fingerprint density at radius 1 is 1.37 bits per heavy atom. The summed E-state index contributed by atoms with van der Waals surface area (Å²) in [5, 5.41) is 12.7. The topological polar surface area (TPSA) is 75.4 Å². The van der Waals surface area contributed by atoms with Crippen LogP contribution in [-0.4, -0.2) is 23.7 Å². The lowest BCUT2D eigenvalue weighted by Crippen LogP contribution is -2.32. The van der Waals surface area contributed by atoms with E-state index in [1.807, 2.05) is 0 Å². The van der Waals surface area contributed by atoms with Crippen LogP contribution in [0.5, 0.6) is 0 Å². The van der Waals surface area contributed by atoms with Gasteiger partial charge in [0.1, 0.15) is 0 Å². The first-order chi connectivity index (χ1) is 9.06. The highest BCUT2D eigenvalue weighted by molar-refractivity contribution is 6.33. The van der Waals surface area contributed by atoms with E-state index in [1.54, 1.807) is 18.2 Å². The Morgan fingerprint density at radius 2 is 2.05 bits per heavy atom. The molecule has 2 rings (SSSR count). The van der Waals surface area contributed by atoms with E-state index in [0.717, 1.165) is 25.7 Å². The fourth-order valence-corrected chi connectivity index (χ4v) is 2.54. The van der Waals surface area contributed by atoms with E-state index < -0.39 is 0 Å². The van der Waals surface area contributed by atoms with Gasteiger partial charge in [0.25, 0.3) is 5.91 Å². The van der Waals surface area contributed by atoms with Gasteiger partial charge in [0, 0.05) is 12.1 Å². The molecule has 0 atom stereocenters. The third-order valence-corrected chi connectivity index (χ3v) is 3.96. The third-order valence-electron chi connectivity index (χ3n) is 3.63. The van der Waals surface area contributed by atoms with Gasteiger partial charge in [0.15, 0.2) is 0 Å². The third kappa shape index (κ3) is 3.85. The fraction of sp³-hybridized carbons (Fsp3) is 0.500. The zero-order valence-corrected chi connectivity index (χ0v) is 11.5. The monoisotopic (exact) mass is 282 g/mol. The molecule has 104 valence electrons. The molecular weight excluding hydrogens is 264 g/mol. The van der Waals surface area contributed by atoms with E-state index in [4.69, 9.17) is 17.3 Å². The maximum atomic E-state index is 12.0. The minimum Gasteiger partial charge on any atom is -0.398 e. The molecule has 0 saturated heterocycles. The van der Waals surface area contributed by atoms with Crippen molar-refractivity contribution in [3.05, 3.63) is 28.8 Å². The van der Waals surface area contributed by atoms with Crippen LogP contribution in [-0.2, 0) is 0 Å². The molecule has 4 N–H and O–H groups in total. The van der Waals surface area contributed by atoms with Crippen LogP contribution in [0.3, 0.4) is 0 Å². The molecule has 1 amide bonds. The van der Waals surface area contributed by atoms with Gasteiger partial charge in [-0.2, -0.15) is 0 Å². The lowest BCUT2D eigenvalue weighted by Gasteiger charge is -2.25. The number of amides is 1.